The molecule has 1 saturated heterocycles. The Bertz CT molecular complexity index is 1300. The van der Waals surface area contributed by atoms with Crippen LogP contribution in [0.4, 0.5) is 0 Å². The number of ether oxygens (including phenoxy) is 3. The average Bonchev–Trinajstić information content (AvgIpc) is 3.61. The highest BCUT2D eigenvalue weighted by Crippen LogP contribution is 2.89. The Morgan fingerprint density at radius 3 is 2.33 bits per heavy atom. The summed E-state index contributed by atoms with van der Waals surface area (Å²) in [5, 5.41) is 51.8. The van der Waals surface area contributed by atoms with Gasteiger partial charge in [-0.05, 0) is 117 Å². The Hall–Kier alpha value is -1.56. The Morgan fingerprint density at radius 2 is 1.65 bits per heavy atom. The predicted molar refractivity (Wildman–Crippen MR) is 165 cm³/mol. The first-order valence-electron chi connectivity index (χ1n) is 17.7. The fourth-order valence-electron chi connectivity index (χ4n) is 13.0. The molecule has 16 atom stereocenters. The number of esters is 1. The van der Waals surface area contributed by atoms with Gasteiger partial charge in [-0.2, -0.15) is 0 Å². The zero-order valence-corrected chi connectivity index (χ0v) is 28.0. The Kier molecular flexibility index (Phi) is 7.68. The van der Waals surface area contributed by atoms with Gasteiger partial charge in [0.25, 0.3) is 0 Å². The zero-order chi connectivity index (χ0) is 33.2. The normalized spacial score (nSPS) is 55.2. The summed E-state index contributed by atoms with van der Waals surface area (Å²) >= 11 is 0. The molecule has 258 valence electrons. The molecule has 0 amide bonds. The molecule has 0 aromatic rings. The summed E-state index contributed by atoms with van der Waals surface area (Å²) in [6.45, 7) is 10.3. The quantitative estimate of drug-likeness (QED) is 0.213. The second kappa shape index (κ2) is 10.7. The summed E-state index contributed by atoms with van der Waals surface area (Å²) in [5.74, 6) is 0.0206. The molecule has 5 saturated carbocycles. The smallest absolute Gasteiger partial charge is 0.333 e. The number of hydrogen-bond donors (Lipinski definition) is 5. The highest BCUT2D eigenvalue weighted by atomic mass is 16.7. The molecule has 2 heterocycles. The first-order chi connectivity index (χ1) is 21.6. The van der Waals surface area contributed by atoms with Crippen molar-refractivity contribution < 1.29 is 49.3 Å². The van der Waals surface area contributed by atoms with Crippen LogP contribution in [0.5, 0.6) is 0 Å². The van der Waals surface area contributed by atoms with Crippen LogP contribution in [0.1, 0.15) is 98.8 Å². The molecule has 7 rings (SSSR count). The van der Waals surface area contributed by atoms with Gasteiger partial charge < -0.3 is 39.7 Å². The summed E-state index contributed by atoms with van der Waals surface area (Å²) in [5.41, 5.74) is -0.273. The molecule has 0 bridgehead atoms. The number of rotatable bonds is 6. The molecule has 2 spiro atoms. The number of carboxylic acids is 1. The van der Waals surface area contributed by atoms with Crippen LogP contribution in [0, 0.1) is 50.7 Å². The van der Waals surface area contributed by atoms with Gasteiger partial charge in [0, 0.05) is 12.0 Å². The van der Waals surface area contributed by atoms with Crippen LogP contribution in [-0.2, 0) is 23.8 Å². The number of aliphatic hydroxyl groups is 4. The number of fused-ring (bicyclic) bond motifs is 2. The number of carbonyl (C=O) groups excluding carboxylic acids is 1. The average molecular weight is 647 g/mol. The van der Waals surface area contributed by atoms with Gasteiger partial charge in [0.2, 0.25) is 0 Å². The number of cyclic esters (lactones) is 1. The third-order valence-corrected chi connectivity index (χ3v) is 15.8. The molecule has 2 aliphatic heterocycles. The van der Waals surface area contributed by atoms with Crippen LogP contribution < -0.4 is 0 Å². The van der Waals surface area contributed by atoms with Crippen LogP contribution in [0.15, 0.2) is 11.6 Å². The minimum atomic E-state index is -1.58. The van der Waals surface area contributed by atoms with E-state index in [0.717, 1.165) is 57.8 Å². The van der Waals surface area contributed by atoms with Crippen molar-refractivity contribution in [2.24, 2.45) is 50.7 Å². The maximum absolute atomic E-state index is 13.3. The van der Waals surface area contributed by atoms with E-state index in [0.29, 0.717) is 23.8 Å². The maximum atomic E-state index is 13.3. The molecular weight excluding hydrogens is 592 g/mol. The van der Waals surface area contributed by atoms with Gasteiger partial charge >= 0.3 is 11.9 Å². The van der Waals surface area contributed by atoms with Crippen molar-refractivity contribution in [3.05, 3.63) is 11.6 Å². The van der Waals surface area contributed by atoms with Crippen molar-refractivity contribution >= 4 is 11.9 Å². The first-order valence-corrected chi connectivity index (χ1v) is 17.7. The van der Waals surface area contributed by atoms with Crippen molar-refractivity contribution in [1.82, 2.24) is 0 Å². The third kappa shape index (κ3) is 4.09. The van der Waals surface area contributed by atoms with E-state index in [1.54, 1.807) is 6.92 Å². The molecule has 6 fully saturated rings. The molecular formula is C36H54O10. The molecule has 5 aliphatic carbocycles. The lowest BCUT2D eigenvalue weighted by Gasteiger charge is -2.63. The van der Waals surface area contributed by atoms with Crippen molar-refractivity contribution in [1.29, 1.82) is 0 Å². The molecule has 46 heavy (non-hydrogen) atoms. The molecule has 5 N–H and O–H groups in total. The third-order valence-electron chi connectivity index (χ3n) is 15.8. The molecule has 0 radical (unpaired) electrons. The molecule has 10 heteroatoms. The van der Waals surface area contributed by atoms with Gasteiger partial charge in [-0.25, -0.2) is 4.79 Å². The van der Waals surface area contributed by atoms with Crippen LogP contribution in [0.2, 0.25) is 0 Å². The number of aliphatic carboxylic acids is 1. The molecule has 0 aromatic heterocycles. The molecule has 0 aromatic carbocycles. The van der Waals surface area contributed by atoms with Crippen molar-refractivity contribution in [2.75, 3.05) is 6.61 Å². The van der Waals surface area contributed by atoms with Gasteiger partial charge in [-0.3, -0.25) is 4.79 Å². The highest BCUT2D eigenvalue weighted by molar-refractivity contribution is 5.88. The summed E-state index contributed by atoms with van der Waals surface area (Å²) in [6, 6.07) is 0. The fourth-order valence-corrected chi connectivity index (χ4v) is 13.0. The van der Waals surface area contributed by atoms with Crippen LogP contribution in [0.25, 0.3) is 0 Å². The minimum Gasteiger partial charge on any atom is -0.481 e. The minimum absolute atomic E-state index is 0.0758. The number of aliphatic hydroxyl groups excluding tert-OH is 4. The lowest BCUT2D eigenvalue weighted by molar-refractivity contribution is -0.326. The topological polar surface area (TPSA) is 163 Å². The van der Waals surface area contributed by atoms with E-state index >= 15 is 0 Å². The van der Waals surface area contributed by atoms with E-state index in [2.05, 4.69) is 20.8 Å². The lowest BCUT2D eigenvalue weighted by Crippen LogP contribution is -2.63. The Labute approximate surface area is 271 Å². The van der Waals surface area contributed by atoms with Crippen LogP contribution in [-0.4, -0.2) is 87.0 Å². The largest absolute Gasteiger partial charge is 0.481 e. The van der Waals surface area contributed by atoms with E-state index in [1.807, 2.05) is 13.0 Å². The lowest BCUT2D eigenvalue weighted by atomic mass is 9.41. The first kappa shape index (κ1) is 33.0. The summed E-state index contributed by atoms with van der Waals surface area (Å²) in [7, 11) is 0. The van der Waals surface area contributed by atoms with Crippen molar-refractivity contribution in [3.63, 3.8) is 0 Å². The zero-order valence-electron chi connectivity index (χ0n) is 28.0. The van der Waals surface area contributed by atoms with Crippen molar-refractivity contribution in [3.8, 4) is 0 Å². The summed E-state index contributed by atoms with van der Waals surface area (Å²) < 4.78 is 17.9. The van der Waals surface area contributed by atoms with E-state index in [9.17, 15) is 35.1 Å². The van der Waals surface area contributed by atoms with Crippen molar-refractivity contribution in [2.45, 2.75) is 142 Å². The van der Waals surface area contributed by atoms with Gasteiger partial charge in [0.15, 0.2) is 6.29 Å². The Morgan fingerprint density at radius 1 is 0.957 bits per heavy atom. The summed E-state index contributed by atoms with van der Waals surface area (Å²) in [6.07, 6.45) is 3.43. The van der Waals surface area contributed by atoms with Gasteiger partial charge in [-0.1, -0.05) is 26.8 Å². The highest BCUT2D eigenvalue weighted by Gasteiger charge is 2.83. The second-order valence-electron chi connectivity index (χ2n) is 17.0. The standard InChI is InChI=1S/C36H54O10/c1-18-6-7-21(44-29(18)41)19(2)20-10-12-33(4)23-8-9-24-34(5,31(42)43)25(46-30-28(40)27(39)26(38)22(16-37)45-30)11-13-35(24)17-36(23,35)15-14-32(20,33)3/h6,19-28,30,37-40H,7-17H2,1-5H3,(H,42,43)/t19-,20-,21-,22-,23+,24-,25-,26+,27+,28+,30+,32+,33-,34-,35-,36+/m0/s1. The number of hydrogen-bond acceptors (Lipinski definition) is 9. The Balaban J connectivity index is 1.13. The van der Waals surface area contributed by atoms with E-state index < -0.39 is 54.8 Å². The summed E-state index contributed by atoms with van der Waals surface area (Å²) in [4.78, 5) is 25.7. The van der Waals surface area contributed by atoms with Gasteiger partial charge in [0.1, 0.15) is 30.5 Å². The molecule has 7 aliphatic rings. The van der Waals surface area contributed by atoms with E-state index in [-0.39, 0.29) is 45.6 Å². The fraction of sp³-hybridized carbons (Fsp3) is 0.889. The SMILES string of the molecule is CC1=CC[C@@H]([C@@H](C)[C@@H]2CC[C@@]3(C)[C@H]4CC[C@H]5[C@](C)(C(=O)O)[C@@H](O[C@H]6O[C@@H](CO)[C@@H](O)[C@@H](O)[C@H]6O)CC[C@]56C[C@]46CC[C@]23C)OC1=O. The number of carboxylic acid groups (broad SMARTS) is 1. The molecule has 10 nitrogen and oxygen atoms in total. The van der Waals surface area contributed by atoms with Crippen LogP contribution >= 0.6 is 0 Å². The predicted octanol–water partition coefficient (Wildman–Crippen LogP) is 3.57. The number of carbonyl (C=O) groups is 2. The van der Waals surface area contributed by atoms with Gasteiger partial charge in [0.05, 0.1) is 18.1 Å². The molecule has 0 unspecified atom stereocenters. The maximum Gasteiger partial charge on any atom is 0.333 e. The van der Waals surface area contributed by atoms with Crippen LogP contribution in [0.3, 0.4) is 0 Å². The van der Waals surface area contributed by atoms with E-state index in [4.69, 9.17) is 14.2 Å². The second-order valence-corrected chi connectivity index (χ2v) is 17.0. The van der Waals surface area contributed by atoms with Gasteiger partial charge in [-0.15, -0.1) is 0 Å². The van der Waals surface area contributed by atoms with E-state index in [1.165, 1.54) is 0 Å². The monoisotopic (exact) mass is 646 g/mol.